The summed E-state index contributed by atoms with van der Waals surface area (Å²) in [6, 6.07) is 6.60. The SMILES string of the molecule is CC(C)c1noc(CN(C)C(C)c2ccc(S(N)(=O)=O)cc2)n1. The van der Waals surface area contributed by atoms with E-state index in [9.17, 15) is 8.42 Å². The topological polar surface area (TPSA) is 102 Å². The average molecular weight is 338 g/mol. The van der Waals surface area contributed by atoms with Gasteiger partial charge in [-0.2, -0.15) is 4.98 Å². The Balaban J connectivity index is 2.08. The Bertz CT molecular complexity index is 753. The Morgan fingerprint density at radius 3 is 2.30 bits per heavy atom. The van der Waals surface area contributed by atoms with Crippen molar-refractivity contribution in [2.24, 2.45) is 5.14 Å². The molecule has 0 aliphatic rings. The van der Waals surface area contributed by atoms with E-state index in [0.717, 1.165) is 5.56 Å². The fourth-order valence-corrected chi connectivity index (χ4v) is 2.62. The molecule has 0 fully saturated rings. The summed E-state index contributed by atoms with van der Waals surface area (Å²) in [6.45, 7) is 6.55. The molecule has 0 aliphatic heterocycles. The molecule has 1 aromatic heterocycles. The number of aromatic nitrogens is 2. The van der Waals surface area contributed by atoms with Crippen LogP contribution < -0.4 is 5.14 Å². The van der Waals surface area contributed by atoms with Crippen LogP contribution in [0.15, 0.2) is 33.7 Å². The van der Waals surface area contributed by atoms with Crippen LogP contribution in [0.5, 0.6) is 0 Å². The van der Waals surface area contributed by atoms with Gasteiger partial charge in [-0.3, -0.25) is 4.90 Å². The Hall–Kier alpha value is -1.77. The Labute approximate surface area is 136 Å². The first-order valence-corrected chi connectivity index (χ1v) is 8.88. The lowest BCUT2D eigenvalue weighted by Gasteiger charge is -2.23. The van der Waals surface area contributed by atoms with Crippen LogP contribution in [-0.2, 0) is 16.6 Å². The van der Waals surface area contributed by atoms with Gasteiger partial charge in [-0.1, -0.05) is 31.1 Å². The van der Waals surface area contributed by atoms with E-state index in [1.54, 1.807) is 12.1 Å². The largest absolute Gasteiger partial charge is 0.338 e. The number of primary sulfonamides is 1. The molecule has 1 heterocycles. The number of nitrogens with two attached hydrogens (primary N) is 1. The summed E-state index contributed by atoms with van der Waals surface area (Å²) >= 11 is 0. The van der Waals surface area contributed by atoms with Crippen molar-refractivity contribution in [3.8, 4) is 0 Å². The predicted octanol–water partition coefficient (Wildman–Crippen LogP) is 2.03. The van der Waals surface area contributed by atoms with Crippen LogP contribution >= 0.6 is 0 Å². The number of rotatable bonds is 6. The van der Waals surface area contributed by atoms with Gasteiger partial charge in [0.25, 0.3) is 0 Å². The summed E-state index contributed by atoms with van der Waals surface area (Å²) in [7, 11) is -1.72. The van der Waals surface area contributed by atoms with Crippen molar-refractivity contribution < 1.29 is 12.9 Å². The van der Waals surface area contributed by atoms with Gasteiger partial charge < -0.3 is 4.52 Å². The molecule has 1 atom stereocenters. The summed E-state index contributed by atoms with van der Waals surface area (Å²) in [5.41, 5.74) is 0.975. The van der Waals surface area contributed by atoms with Crippen molar-refractivity contribution in [1.82, 2.24) is 15.0 Å². The van der Waals surface area contributed by atoms with Crippen molar-refractivity contribution in [3.63, 3.8) is 0 Å². The standard InChI is InChI=1S/C15H22N4O3S/c1-10(2)15-17-14(22-18-15)9-19(4)11(3)12-5-7-13(8-6-12)23(16,20)21/h5-8,10-11H,9H2,1-4H3,(H2,16,20,21). The van der Waals surface area contributed by atoms with Gasteiger partial charge in [0.05, 0.1) is 11.4 Å². The van der Waals surface area contributed by atoms with Crippen LogP contribution in [0.3, 0.4) is 0 Å². The van der Waals surface area contributed by atoms with Crippen LogP contribution in [0, 0.1) is 0 Å². The molecular weight excluding hydrogens is 316 g/mol. The zero-order valence-electron chi connectivity index (χ0n) is 13.7. The van der Waals surface area contributed by atoms with Gasteiger partial charge in [-0.05, 0) is 31.7 Å². The third-order valence-electron chi connectivity index (χ3n) is 3.74. The van der Waals surface area contributed by atoms with Gasteiger partial charge >= 0.3 is 0 Å². The molecule has 0 amide bonds. The van der Waals surface area contributed by atoms with E-state index in [1.165, 1.54) is 12.1 Å². The molecular formula is C15H22N4O3S. The average Bonchev–Trinajstić information content (AvgIpc) is 2.94. The molecule has 0 radical (unpaired) electrons. The molecule has 2 aromatic rings. The van der Waals surface area contributed by atoms with Crippen molar-refractivity contribution in [3.05, 3.63) is 41.5 Å². The molecule has 2 rings (SSSR count). The van der Waals surface area contributed by atoms with E-state index in [4.69, 9.17) is 9.66 Å². The highest BCUT2D eigenvalue weighted by atomic mass is 32.2. The molecule has 23 heavy (non-hydrogen) atoms. The molecule has 0 saturated carbocycles. The molecule has 7 nitrogen and oxygen atoms in total. The van der Waals surface area contributed by atoms with Crippen molar-refractivity contribution in [1.29, 1.82) is 0 Å². The highest BCUT2D eigenvalue weighted by molar-refractivity contribution is 7.89. The van der Waals surface area contributed by atoms with E-state index in [2.05, 4.69) is 10.1 Å². The predicted molar refractivity (Wildman–Crippen MR) is 86.1 cm³/mol. The van der Waals surface area contributed by atoms with Crippen molar-refractivity contribution in [2.45, 2.75) is 44.2 Å². The van der Waals surface area contributed by atoms with Gasteiger partial charge in [-0.15, -0.1) is 0 Å². The number of hydrogen-bond acceptors (Lipinski definition) is 6. The van der Waals surface area contributed by atoms with Crippen LogP contribution in [0.2, 0.25) is 0 Å². The third-order valence-corrected chi connectivity index (χ3v) is 4.67. The molecule has 0 saturated heterocycles. The van der Waals surface area contributed by atoms with Crippen molar-refractivity contribution >= 4 is 10.0 Å². The van der Waals surface area contributed by atoms with E-state index >= 15 is 0 Å². The Kier molecular flexibility index (Phi) is 5.18. The maximum atomic E-state index is 11.3. The van der Waals surface area contributed by atoms with E-state index in [1.807, 2.05) is 32.7 Å². The number of sulfonamides is 1. The fraction of sp³-hybridized carbons (Fsp3) is 0.467. The fourth-order valence-electron chi connectivity index (χ4n) is 2.11. The summed E-state index contributed by atoms with van der Waals surface area (Å²) in [4.78, 5) is 6.51. The quantitative estimate of drug-likeness (QED) is 0.864. The lowest BCUT2D eigenvalue weighted by Crippen LogP contribution is -2.22. The molecule has 1 unspecified atom stereocenters. The summed E-state index contributed by atoms with van der Waals surface area (Å²) < 4.78 is 27.8. The number of benzene rings is 1. The zero-order valence-corrected chi connectivity index (χ0v) is 14.5. The minimum absolute atomic E-state index is 0.0546. The third kappa shape index (κ3) is 4.37. The van der Waals surface area contributed by atoms with Gasteiger partial charge in [0, 0.05) is 12.0 Å². The van der Waals surface area contributed by atoms with Gasteiger partial charge in [-0.25, -0.2) is 13.6 Å². The molecule has 2 N–H and O–H groups in total. The second-order valence-corrected chi connectivity index (χ2v) is 7.47. The highest BCUT2D eigenvalue weighted by Crippen LogP contribution is 2.22. The lowest BCUT2D eigenvalue weighted by atomic mass is 10.1. The summed E-state index contributed by atoms with van der Waals surface area (Å²) in [5.74, 6) is 1.48. The van der Waals surface area contributed by atoms with Gasteiger partial charge in [0.1, 0.15) is 0 Å². The molecule has 0 spiro atoms. The molecule has 126 valence electrons. The Morgan fingerprint density at radius 2 is 1.83 bits per heavy atom. The van der Waals surface area contributed by atoms with E-state index in [-0.39, 0.29) is 16.9 Å². The van der Waals surface area contributed by atoms with Gasteiger partial charge in [0.15, 0.2) is 5.82 Å². The summed E-state index contributed by atoms with van der Waals surface area (Å²) in [5, 5.41) is 9.05. The van der Waals surface area contributed by atoms with Gasteiger partial charge in [0.2, 0.25) is 15.9 Å². The first kappa shape index (κ1) is 17.6. The smallest absolute Gasteiger partial charge is 0.240 e. The van der Waals surface area contributed by atoms with Crippen molar-refractivity contribution in [2.75, 3.05) is 7.05 Å². The first-order valence-electron chi connectivity index (χ1n) is 7.34. The zero-order chi connectivity index (χ0) is 17.2. The molecule has 0 bridgehead atoms. The van der Waals surface area contributed by atoms with Crippen LogP contribution in [0.25, 0.3) is 0 Å². The monoisotopic (exact) mass is 338 g/mol. The second-order valence-electron chi connectivity index (χ2n) is 5.91. The van der Waals surface area contributed by atoms with Crippen LogP contribution in [0.4, 0.5) is 0 Å². The minimum Gasteiger partial charge on any atom is -0.338 e. The maximum absolute atomic E-state index is 11.3. The Morgan fingerprint density at radius 1 is 1.22 bits per heavy atom. The van der Waals surface area contributed by atoms with E-state index < -0.39 is 10.0 Å². The second kappa shape index (κ2) is 6.77. The summed E-state index contributed by atoms with van der Waals surface area (Å²) in [6.07, 6.45) is 0. The number of hydrogen-bond donors (Lipinski definition) is 1. The van der Waals surface area contributed by atoms with E-state index in [0.29, 0.717) is 18.3 Å². The van der Waals surface area contributed by atoms with Crippen LogP contribution in [0.1, 0.15) is 50.0 Å². The number of nitrogens with zero attached hydrogens (tertiary/aromatic N) is 3. The molecule has 1 aromatic carbocycles. The highest BCUT2D eigenvalue weighted by Gasteiger charge is 2.17. The first-order chi connectivity index (χ1) is 10.7. The minimum atomic E-state index is -3.67. The lowest BCUT2D eigenvalue weighted by molar-refractivity contribution is 0.216. The molecule has 0 aliphatic carbocycles. The molecule has 8 heteroatoms. The van der Waals surface area contributed by atoms with Crippen LogP contribution in [-0.4, -0.2) is 30.5 Å². The normalized spacial score (nSPS) is 13.7. The maximum Gasteiger partial charge on any atom is 0.240 e.